The fraction of sp³-hybridized carbons (Fsp3) is 0. The van der Waals surface area contributed by atoms with Crippen molar-refractivity contribution < 1.29 is 9.90 Å². The number of carbonyl (C=O) groups is 1. The van der Waals surface area contributed by atoms with Crippen molar-refractivity contribution in [1.82, 2.24) is 19.6 Å². The van der Waals surface area contributed by atoms with Gasteiger partial charge in [0, 0.05) is 12.4 Å². The van der Waals surface area contributed by atoms with E-state index in [1.54, 1.807) is 24.5 Å². The first-order chi connectivity index (χ1) is 9.22. The number of nitrogens with zero attached hydrogens (tertiary/aromatic N) is 4. The average molecular weight is 255 g/mol. The summed E-state index contributed by atoms with van der Waals surface area (Å²) < 4.78 is 1.50. The molecule has 0 fully saturated rings. The van der Waals surface area contributed by atoms with Gasteiger partial charge in [0.15, 0.2) is 5.65 Å². The molecule has 7 nitrogen and oxygen atoms in total. The standard InChI is InChI=1S/C12H9N5O2/c18-11(19)8-4-6-17-10(7-8)15-12(16-17)14-9-3-1-2-5-13-9/h1-7H,(H,18,19)(H,13,14,16). The molecule has 0 spiro atoms. The molecule has 3 heterocycles. The van der Waals surface area contributed by atoms with Crippen molar-refractivity contribution in [3.8, 4) is 0 Å². The van der Waals surface area contributed by atoms with Crippen LogP contribution in [-0.4, -0.2) is 30.7 Å². The van der Waals surface area contributed by atoms with E-state index >= 15 is 0 Å². The molecule has 94 valence electrons. The molecule has 0 aromatic carbocycles. The van der Waals surface area contributed by atoms with Crippen LogP contribution in [0, 0.1) is 0 Å². The third kappa shape index (κ3) is 2.21. The molecule has 0 aliphatic heterocycles. The van der Waals surface area contributed by atoms with Gasteiger partial charge in [0.2, 0.25) is 5.95 Å². The Balaban J connectivity index is 1.95. The van der Waals surface area contributed by atoms with Crippen molar-refractivity contribution in [1.29, 1.82) is 0 Å². The third-order valence-electron chi connectivity index (χ3n) is 2.49. The first-order valence-electron chi connectivity index (χ1n) is 5.50. The Morgan fingerprint density at radius 2 is 2.21 bits per heavy atom. The van der Waals surface area contributed by atoms with Gasteiger partial charge in [0.25, 0.3) is 0 Å². The molecule has 0 aliphatic carbocycles. The van der Waals surface area contributed by atoms with Gasteiger partial charge < -0.3 is 10.4 Å². The minimum Gasteiger partial charge on any atom is -0.478 e. The Hall–Kier alpha value is -2.96. The van der Waals surface area contributed by atoms with E-state index in [9.17, 15) is 4.79 Å². The highest BCUT2D eigenvalue weighted by Gasteiger charge is 2.08. The number of anilines is 2. The normalized spacial score (nSPS) is 10.5. The van der Waals surface area contributed by atoms with E-state index in [1.807, 2.05) is 6.07 Å². The van der Waals surface area contributed by atoms with Crippen LogP contribution in [0.4, 0.5) is 11.8 Å². The molecule has 3 aromatic heterocycles. The van der Waals surface area contributed by atoms with Gasteiger partial charge in [-0.05, 0) is 24.3 Å². The number of carboxylic acid groups (broad SMARTS) is 1. The summed E-state index contributed by atoms with van der Waals surface area (Å²) in [7, 11) is 0. The van der Waals surface area contributed by atoms with Gasteiger partial charge in [0.1, 0.15) is 5.82 Å². The van der Waals surface area contributed by atoms with E-state index < -0.39 is 5.97 Å². The molecule has 0 unspecified atom stereocenters. The SMILES string of the molecule is O=C(O)c1ccn2nc(Nc3ccccn3)nc2c1. The van der Waals surface area contributed by atoms with Crippen LogP contribution < -0.4 is 5.32 Å². The second-order valence-corrected chi connectivity index (χ2v) is 3.80. The summed E-state index contributed by atoms with van der Waals surface area (Å²) in [6, 6.07) is 8.36. The van der Waals surface area contributed by atoms with Crippen LogP contribution >= 0.6 is 0 Å². The Labute approximate surface area is 107 Å². The van der Waals surface area contributed by atoms with Crippen LogP contribution in [0.2, 0.25) is 0 Å². The molecule has 7 heteroatoms. The lowest BCUT2D eigenvalue weighted by Gasteiger charge is -1.97. The van der Waals surface area contributed by atoms with Crippen LogP contribution in [0.5, 0.6) is 0 Å². The number of hydrogen-bond donors (Lipinski definition) is 2. The monoisotopic (exact) mass is 255 g/mol. The van der Waals surface area contributed by atoms with Gasteiger partial charge >= 0.3 is 5.97 Å². The molecule has 0 atom stereocenters. The number of aromatic carboxylic acids is 1. The lowest BCUT2D eigenvalue weighted by Crippen LogP contribution is -1.97. The van der Waals surface area contributed by atoms with Gasteiger partial charge in [-0.15, -0.1) is 5.10 Å². The molecule has 3 aromatic rings. The maximum Gasteiger partial charge on any atom is 0.335 e. The molecule has 3 rings (SSSR count). The Bertz CT molecular complexity index is 738. The summed E-state index contributed by atoms with van der Waals surface area (Å²) in [4.78, 5) is 19.1. The maximum absolute atomic E-state index is 10.9. The third-order valence-corrected chi connectivity index (χ3v) is 2.49. The summed E-state index contributed by atoms with van der Waals surface area (Å²) in [6.07, 6.45) is 3.20. The van der Waals surface area contributed by atoms with Gasteiger partial charge in [0.05, 0.1) is 5.56 Å². The van der Waals surface area contributed by atoms with Crippen molar-refractivity contribution >= 4 is 23.4 Å². The number of aromatic nitrogens is 4. The zero-order chi connectivity index (χ0) is 13.2. The van der Waals surface area contributed by atoms with Crippen LogP contribution in [0.3, 0.4) is 0 Å². The minimum atomic E-state index is -0.996. The van der Waals surface area contributed by atoms with E-state index in [0.717, 1.165) is 0 Å². The second-order valence-electron chi connectivity index (χ2n) is 3.80. The predicted octanol–water partition coefficient (Wildman–Crippen LogP) is 1.57. The molecule has 0 saturated carbocycles. The van der Waals surface area contributed by atoms with Gasteiger partial charge in [-0.3, -0.25) is 0 Å². The van der Waals surface area contributed by atoms with E-state index in [2.05, 4.69) is 20.4 Å². The van der Waals surface area contributed by atoms with Gasteiger partial charge in [-0.25, -0.2) is 14.3 Å². The number of pyridine rings is 2. The van der Waals surface area contributed by atoms with Crippen LogP contribution in [0.25, 0.3) is 5.65 Å². The minimum absolute atomic E-state index is 0.171. The summed E-state index contributed by atoms with van der Waals surface area (Å²) in [5.41, 5.74) is 0.627. The number of rotatable bonds is 3. The Morgan fingerprint density at radius 3 is 2.95 bits per heavy atom. The fourth-order valence-corrected chi connectivity index (χ4v) is 1.62. The molecule has 0 bridgehead atoms. The summed E-state index contributed by atoms with van der Waals surface area (Å²) in [5.74, 6) is -0.0113. The van der Waals surface area contributed by atoms with Crippen molar-refractivity contribution in [2.24, 2.45) is 0 Å². The fourth-order valence-electron chi connectivity index (χ4n) is 1.62. The van der Waals surface area contributed by atoms with Gasteiger partial charge in [-0.1, -0.05) is 6.07 Å². The summed E-state index contributed by atoms with van der Waals surface area (Å²) >= 11 is 0. The van der Waals surface area contributed by atoms with Crippen molar-refractivity contribution in [2.45, 2.75) is 0 Å². The molecule has 0 saturated heterocycles. The van der Waals surface area contributed by atoms with E-state index in [-0.39, 0.29) is 5.56 Å². The average Bonchev–Trinajstić information content (AvgIpc) is 2.80. The first-order valence-corrected chi connectivity index (χ1v) is 5.50. The quantitative estimate of drug-likeness (QED) is 0.738. The first kappa shape index (κ1) is 11.1. The number of hydrogen-bond acceptors (Lipinski definition) is 5. The zero-order valence-corrected chi connectivity index (χ0v) is 9.69. The van der Waals surface area contributed by atoms with E-state index in [1.165, 1.54) is 16.6 Å². The summed E-state index contributed by atoms with van der Waals surface area (Å²) in [6.45, 7) is 0. The molecular formula is C12H9N5O2. The van der Waals surface area contributed by atoms with Crippen LogP contribution in [-0.2, 0) is 0 Å². The largest absolute Gasteiger partial charge is 0.478 e. The summed E-state index contributed by atoms with van der Waals surface area (Å²) in [5, 5.41) is 16.0. The highest BCUT2D eigenvalue weighted by atomic mass is 16.4. The van der Waals surface area contributed by atoms with Crippen molar-refractivity contribution in [3.05, 3.63) is 48.3 Å². The van der Waals surface area contributed by atoms with Crippen LogP contribution in [0.15, 0.2) is 42.7 Å². The van der Waals surface area contributed by atoms with E-state index in [4.69, 9.17) is 5.11 Å². The molecule has 0 radical (unpaired) electrons. The molecule has 0 aliphatic rings. The van der Waals surface area contributed by atoms with Gasteiger partial charge in [-0.2, -0.15) is 4.98 Å². The molecular weight excluding hydrogens is 246 g/mol. The smallest absolute Gasteiger partial charge is 0.335 e. The van der Waals surface area contributed by atoms with Crippen molar-refractivity contribution in [2.75, 3.05) is 5.32 Å². The maximum atomic E-state index is 10.9. The lowest BCUT2D eigenvalue weighted by molar-refractivity contribution is 0.0697. The Morgan fingerprint density at radius 1 is 1.32 bits per heavy atom. The lowest BCUT2D eigenvalue weighted by atomic mass is 10.3. The molecule has 0 amide bonds. The van der Waals surface area contributed by atoms with Crippen molar-refractivity contribution in [3.63, 3.8) is 0 Å². The topological polar surface area (TPSA) is 92.4 Å². The second kappa shape index (κ2) is 4.37. The van der Waals surface area contributed by atoms with Crippen LogP contribution in [0.1, 0.15) is 10.4 Å². The number of fused-ring (bicyclic) bond motifs is 1. The highest BCUT2D eigenvalue weighted by Crippen LogP contribution is 2.12. The van der Waals surface area contributed by atoms with E-state index in [0.29, 0.717) is 17.4 Å². The molecule has 2 N–H and O–H groups in total. The predicted molar refractivity (Wildman–Crippen MR) is 67.5 cm³/mol. The number of nitrogens with one attached hydrogen (secondary N) is 1. The Kier molecular flexibility index (Phi) is 2.57. The molecule has 19 heavy (non-hydrogen) atoms. The number of carboxylic acids is 1. The highest BCUT2D eigenvalue weighted by molar-refractivity contribution is 5.88. The zero-order valence-electron chi connectivity index (χ0n) is 9.69.